The van der Waals surface area contributed by atoms with Crippen molar-refractivity contribution in [1.29, 1.82) is 0 Å². The summed E-state index contributed by atoms with van der Waals surface area (Å²) >= 11 is 5.83. The maximum atomic E-state index is 11.8. The molecule has 0 spiro atoms. The predicted octanol–water partition coefficient (Wildman–Crippen LogP) is 1.17. The predicted molar refractivity (Wildman–Crippen MR) is 71.2 cm³/mol. The summed E-state index contributed by atoms with van der Waals surface area (Å²) in [4.78, 5) is 13.1. The molecule has 0 saturated carbocycles. The summed E-state index contributed by atoms with van der Waals surface area (Å²) in [6.07, 6.45) is 3.05. The minimum absolute atomic E-state index is 0.128. The highest BCUT2D eigenvalue weighted by atomic mass is 35.5. The van der Waals surface area contributed by atoms with E-state index < -0.39 is 0 Å². The van der Waals surface area contributed by atoms with Gasteiger partial charge in [-0.1, -0.05) is 23.7 Å². The number of carbonyl (C=O) groups is 1. The van der Waals surface area contributed by atoms with Crippen LogP contribution in [0.1, 0.15) is 5.56 Å². The Hall–Kier alpha value is -1.36. The van der Waals surface area contributed by atoms with Crippen molar-refractivity contribution >= 4 is 23.6 Å². The SMILES string of the molecule is O=C(C=Cc1cccc(Cl)c1)N(CCO)CCO. The summed E-state index contributed by atoms with van der Waals surface area (Å²) in [6.45, 7) is 0.159. The van der Waals surface area contributed by atoms with Gasteiger partial charge in [0.1, 0.15) is 0 Å². The molecule has 4 nitrogen and oxygen atoms in total. The third-order valence-electron chi connectivity index (χ3n) is 2.32. The van der Waals surface area contributed by atoms with Gasteiger partial charge in [0.15, 0.2) is 0 Å². The van der Waals surface area contributed by atoms with Gasteiger partial charge in [0.25, 0.3) is 0 Å². The first-order chi connectivity index (χ1) is 8.67. The molecule has 0 bridgehead atoms. The molecule has 5 heteroatoms. The third kappa shape index (κ3) is 4.87. The smallest absolute Gasteiger partial charge is 0.246 e. The van der Waals surface area contributed by atoms with Gasteiger partial charge in [0, 0.05) is 24.2 Å². The molecule has 0 heterocycles. The number of aliphatic hydroxyl groups excluding tert-OH is 2. The van der Waals surface area contributed by atoms with Crippen LogP contribution in [0.3, 0.4) is 0 Å². The lowest BCUT2D eigenvalue weighted by Crippen LogP contribution is -2.34. The highest BCUT2D eigenvalue weighted by Gasteiger charge is 2.08. The van der Waals surface area contributed by atoms with Crippen LogP contribution in [0.5, 0.6) is 0 Å². The molecule has 0 aliphatic rings. The topological polar surface area (TPSA) is 60.8 Å². The van der Waals surface area contributed by atoms with Gasteiger partial charge in [-0.05, 0) is 23.8 Å². The number of hydrogen-bond acceptors (Lipinski definition) is 3. The van der Waals surface area contributed by atoms with Crippen molar-refractivity contribution in [2.45, 2.75) is 0 Å². The Labute approximate surface area is 111 Å². The van der Waals surface area contributed by atoms with E-state index in [0.29, 0.717) is 5.02 Å². The number of nitrogens with zero attached hydrogens (tertiary/aromatic N) is 1. The van der Waals surface area contributed by atoms with Crippen LogP contribution in [0.4, 0.5) is 0 Å². The summed E-state index contributed by atoms with van der Waals surface area (Å²) in [7, 11) is 0. The maximum Gasteiger partial charge on any atom is 0.246 e. The lowest BCUT2D eigenvalue weighted by atomic mass is 10.2. The number of halogens is 1. The number of rotatable bonds is 6. The first kappa shape index (κ1) is 14.7. The molecule has 98 valence electrons. The standard InChI is InChI=1S/C13H16ClNO3/c14-12-3-1-2-11(10-12)4-5-13(18)15(6-8-16)7-9-17/h1-5,10,16-17H,6-9H2. The largest absolute Gasteiger partial charge is 0.395 e. The highest BCUT2D eigenvalue weighted by molar-refractivity contribution is 6.30. The van der Waals surface area contributed by atoms with Crippen molar-refractivity contribution in [3.63, 3.8) is 0 Å². The van der Waals surface area contributed by atoms with Crippen LogP contribution in [0.2, 0.25) is 5.02 Å². The van der Waals surface area contributed by atoms with E-state index >= 15 is 0 Å². The molecular weight excluding hydrogens is 254 g/mol. The molecule has 1 aromatic rings. The number of hydrogen-bond donors (Lipinski definition) is 2. The zero-order chi connectivity index (χ0) is 13.4. The van der Waals surface area contributed by atoms with Crippen molar-refractivity contribution in [2.24, 2.45) is 0 Å². The average Bonchev–Trinajstić information content (AvgIpc) is 2.36. The molecule has 0 fully saturated rings. The first-order valence-electron chi connectivity index (χ1n) is 5.61. The Morgan fingerprint density at radius 3 is 2.50 bits per heavy atom. The van der Waals surface area contributed by atoms with E-state index in [4.69, 9.17) is 21.8 Å². The summed E-state index contributed by atoms with van der Waals surface area (Å²) < 4.78 is 0. The molecular formula is C13H16ClNO3. The molecule has 0 aromatic heterocycles. The molecule has 0 saturated heterocycles. The third-order valence-corrected chi connectivity index (χ3v) is 2.55. The minimum atomic E-state index is -0.252. The Balaban J connectivity index is 2.67. The summed E-state index contributed by atoms with van der Waals surface area (Å²) in [5.74, 6) is -0.252. The molecule has 0 radical (unpaired) electrons. The van der Waals surface area contributed by atoms with E-state index in [1.54, 1.807) is 24.3 Å². The van der Waals surface area contributed by atoms with E-state index in [9.17, 15) is 4.79 Å². The maximum absolute atomic E-state index is 11.8. The normalized spacial score (nSPS) is 10.8. The quantitative estimate of drug-likeness (QED) is 0.762. The minimum Gasteiger partial charge on any atom is -0.395 e. The average molecular weight is 270 g/mol. The van der Waals surface area contributed by atoms with Gasteiger partial charge in [0.2, 0.25) is 5.91 Å². The fraction of sp³-hybridized carbons (Fsp3) is 0.308. The summed E-state index contributed by atoms with van der Waals surface area (Å²) in [5.41, 5.74) is 0.823. The van der Waals surface area contributed by atoms with E-state index in [2.05, 4.69) is 0 Å². The molecule has 0 aliphatic heterocycles. The van der Waals surface area contributed by atoms with E-state index in [-0.39, 0.29) is 32.2 Å². The molecule has 1 rings (SSSR count). The van der Waals surface area contributed by atoms with Crippen LogP contribution in [-0.2, 0) is 4.79 Å². The van der Waals surface area contributed by atoms with Gasteiger partial charge in [0.05, 0.1) is 13.2 Å². The van der Waals surface area contributed by atoms with Crippen molar-refractivity contribution in [3.8, 4) is 0 Å². The van der Waals surface area contributed by atoms with Crippen molar-refractivity contribution in [3.05, 3.63) is 40.9 Å². The Morgan fingerprint density at radius 2 is 1.94 bits per heavy atom. The van der Waals surface area contributed by atoms with E-state index in [1.165, 1.54) is 11.0 Å². The fourth-order valence-electron chi connectivity index (χ4n) is 1.46. The number of benzene rings is 1. The van der Waals surface area contributed by atoms with Crippen LogP contribution in [0, 0.1) is 0 Å². The summed E-state index contributed by atoms with van der Waals surface area (Å²) in [6, 6.07) is 7.13. The monoisotopic (exact) mass is 269 g/mol. The Kier molecular flexibility index (Phi) is 6.43. The van der Waals surface area contributed by atoms with Crippen LogP contribution in [-0.4, -0.2) is 47.3 Å². The molecule has 0 aliphatic carbocycles. The van der Waals surface area contributed by atoms with Gasteiger partial charge in [-0.3, -0.25) is 4.79 Å². The van der Waals surface area contributed by atoms with Gasteiger partial charge < -0.3 is 15.1 Å². The highest BCUT2D eigenvalue weighted by Crippen LogP contribution is 2.11. The Morgan fingerprint density at radius 1 is 1.28 bits per heavy atom. The van der Waals surface area contributed by atoms with Gasteiger partial charge in [-0.25, -0.2) is 0 Å². The number of aliphatic hydroxyl groups is 2. The van der Waals surface area contributed by atoms with Crippen LogP contribution in [0.25, 0.3) is 6.08 Å². The van der Waals surface area contributed by atoms with Crippen molar-refractivity contribution in [1.82, 2.24) is 4.90 Å². The lowest BCUT2D eigenvalue weighted by molar-refractivity contribution is -0.126. The van der Waals surface area contributed by atoms with Gasteiger partial charge in [-0.2, -0.15) is 0 Å². The zero-order valence-corrected chi connectivity index (χ0v) is 10.7. The second kappa shape index (κ2) is 7.87. The summed E-state index contributed by atoms with van der Waals surface area (Å²) in [5, 5.41) is 18.2. The van der Waals surface area contributed by atoms with Gasteiger partial charge in [-0.15, -0.1) is 0 Å². The number of carbonyl (C=O) groups excluding carboxylic acids is 1. The lowest BCUT2D eigenvalue weighted by Gasteiger charge is -2.18. The molecule has 2 N–H and O–H groups in total. The molecule has 1 amide bonds. The van der Waals surface area contributed by atoms with Crippen LogP contribution >= 0.6 is 11.6 Å². The molecule has 18 heavy (non-hydrogen) atoms. The Bertz CT molecular complexity index is 414. The molecule has 0 atom stereocenters. The van der Waals surface area contributed by atoms with Crippen molar-refractivity contribution < 1.29 is 15.0 Å². The second-order valence-electron chi connectivity index (χ2n) is 3.66. The number of amides is 1. The zero-order valence-electron chi connectivity index (χ0n) is 9.92. The first-order valence-corrected chi connectivity index (χ1v) is 5.99. The van der Waals surface area contributed by atoms with E-state index in [1.807, 2.05) is 6.07 Å². The molecule has 0 unspecified atom stereocenters. The van der Waals surface area contributed by atoms with Gasteiger partial charge >= 0.3 is 0 Å². The molecule has 1 aromatic carbocycles. The fourth-order valence-corrected chi connectivity index (χ4v) is 1.66. The van der Waals surface area contributed by atoms with E-state index in [0.717, 1.165) is 5.56 Å². The van der Waals surface area contributed by atoms with Crippen LogP contribution in [0.15, 0.2) is 30.3 Å². The van der Waals surface area contributed by atoms with Crippen molar-refractivity contribution in [2.75, 3.05) is 26.3 Å². The van der Waals surface area contributed by atoms with Crippen LogP contribution < -0.4 is 0 Å². The second-order valence-corrected chi connectivity index (χ2v) is 4.10.